The fourth-order valence-corrected chi connectivity index (χ4v) is 3.20. The number of halogens is 1. The van der Waals surface area contributed by atoms with Gasteiger partial charge in [0.1, 0.15) is 38.2 Å². The first-order chi connectivity index (χ1) is 14.0. The molecule has 0 aliphatic carbocycles. The SMILES string of the molecule is CCCC(=O)OC[C@H](O)C[NH+](CCOC)Cc1cccn1Cc1ccccc1F. The molecule has 1 aromatic heterocycles. The van der Waals surface area contributed by atoms with Gasteiger partial charge in [-0.15, -0.1) is 0 Å². The van der Waals surface area contributed by atoms with E-state index in [1.807, 2.05) is 35.9 Å². The number of hydrogen-bond donors (Lipinski definition) is 2. The van der Waals surface area contributed by atoms with Crippen LogP contribution < -0.4 is 4.90 Å². The van der Waals surface area contributed by atoms with Crippen molar-refractivity contribution in [3.05, 3.63) is 59.7 Å². The average Bonchev–Trinajstić information content (AvgIpc) is 3.13. The molecule has 2 aromatic rings. The lowest BCUT2D eigenvalue weighted by Crippen LogP contribution is -3.12. The topological polar surface area (TPSA) is 65.1 Å². The molecule has 0 saturated carbocycles. The zero-order valence-electron chi connectivity index (χ0n) is 17.3. The Morgan fingerprint density at radius 1 is 1.28 bits per heavy atom. The molecule has 2 rings (SSSR count). The molecule has 160 valence electrons. The van der Waals surface area contributed by atoms with Crippen LogP contribution in [0.3, 0.4) is 0 Å². The number of ether oxygens (including phenoxy) is 2. The molecule has 7 heteroatoms. The lowest BCUT2D eigenvalue weighted by molar-refractivity contribution is -0.917. The van der Waals surface area contributed by atoms with Gasteiger partial charge >= 0.3 is 5.97 Å². The molecule has 0 fully saturated rings. The Morgan fingerprint density at radius 2 is 2.07 bits per heavy atom. The van der Waals surface area contributed by atoms with Crippen molar-refractivity contribution in [2.24, 2.45) is 0 Å². The Kier molecular flexibility index (Phi) is 9.83. The number of aliphatic hydroxyl groups is 1. The molecule has 0 aliphatic rings. The fraction of sp³-hybridized carbons (Fsp3) is 0.500. The van der Waals surface area contributed by atoms with Crippen molar-refractivity contribution in [1.82, 2.24) is 4.57 Å². The van der Waals surface area contributed by atoms with Crippen molar-refractivity contribution < 1.29 is 28.7 Å². The number of nitrogens with one attached hydrogen (secondary N) is 1. The summed E-state index contributed by atoms with van der Waals surface area (Å²) in [7, 11) is 1.64. The van der Waals surface area contributed by atoms with E-state index in [1.54, 1.807) is 19.2 Å². The molecule has 0 radical (unpaired) electrons. The summed E-state index contributed by atoms with van der Waals surface area (Å²) < 4.78 is 26.3. The van der Waals surface area contributed by atoms with E-state index in [-0.39, 0.29) is 18.4 Å². The smallest absolute Gasteiger partial charge is 0.305 e. The van der Waals surface area contributed by atoms with Gasteiger partial charge in [-0.3, -0.25) is 4.79 Å². The summed E-state index contributed by atoms with van der Waals surface area (Å²) in [5.74, 6) is -0.510. The van der Waals surface area contributed by atoms with Crippen molar-refractivity contribution in [1.29, 1.82) is 0 Å². The van der Waals surface area contributed by atoms with Gasteiger partial charge < -0.3 is 24.0 Å². The minimum Gasteiger partial charge on any atom is -0.463 e. The second kappa shape index (κ2) is 12.4. The molecule has 0 bridgehead atoms. The number of nitrogens with zero attached hydrogens (tertiary/aromatic N) is 1. The number of quaternary nitrogens is 1. The molecule has 1 aromatic carbocycles. The molecule has 1 unspecified atom stereocenters. The third-order valence-corrected chi connectivity index (χ3v) is 4.73. The molecular weight excluding hydrogens is 375 g/mol. The van der Waals surface area contributed by atoms with Gasteiger partial charge in [0.05, 0.1) is 18.8 Å². The monoisotopic (exact) mass is 407 g/mol. The summed E-state index contributed by atoms with van der Waals surface area (Å²) in [5, 5.41) is 10.3. The predicted molar refractivity (Wildman–Crippen MR) is 108 cm³/mol. The molecule has 0 aliphatic heterocycles. The van der Waals surface area contributed by atoms with E-state index in [9.17, 15) is 14.3 Å². The Hall–Kier alpha value is -2.22. The highest BCUT2D eigenvalue weighted by atomic mass is 19.1. The molecular formula is C22H32FN2O4+. The van der Waals surface area contributed by atoms with E-state index < -0.39 is 6.10 Å². The lowest BCUT2D eigenvalue weighted by Gasteiger charge is -2.23. The van der Waals surface area contributed by atoms with Crippen molar-refractivity contribution in [3.8, 4) is 0 Å². The zero-order valence-corrected chi connectivity index (χ0v) is 17.3. The first kappa shape index (κ1) is 23.1. The largest absolute Gasteiger partial charge is 0.463 e. The number of esters is 1. The maximum absolute atomic E-state index is 14.0. The molecule has 1 heterocycles. The summed E-state index contributed by atoms with van der Waals surface area (Å²) in [4.78, 5) is 12.6. The quantitative estimate of drug-likeness (QED) is 0.493. The van der Waals surface area contributed by atoms with E-state index in [0.29, 0.717) is 44.8 Å². The Balaban J connectivity index is 1.98. The van der Waals surface area contributed by atoms with Crippen molar-refractivity contribution in [2.75, 3.05) is 33.4 Å². The van der Waals surface area contributed by atoms with Crippen LogP contribution in [-0.4, -0.2) is 55.2 Å². The highest BCUT2D eigenvalue weighted by Gasteiger charge is 2.19. The normalized spacial score (nSPS) is 13.2. The van der Waals surface area contributed by atoms with Gasteiger partial charge in [-0.25, -0.2) is 4.39 Å². The minimum atomic E-state index is -0.752. The Bertz CT molecular complexity index is 750. The maximum Gasteiger partial charge on any atom is 0.305 e. The molecule has 6 nitrogen and oxygen atoms in total. The third-order valence-electron chi connectivity index (χ3n) is 4.73. The van der Waals surface area contributed by atoms with Crippen LogP contribution >= 0.6 is 0 Å². The predicted octanol–water partition coefficient (Wildman–Crippen LogP) is 1.41. The van der Waals surface area contributed by atoms with E-state index in [1.165, 1.54) is 6.07 Å². The van der Waals surface area contributed by atoms with E-state index in [2.05, 4.69) is 0 Å². The number of carbonyl (C=O) groups excluding carboxylic acids is 1. The maximum atomic E-state index is 14.0. The van der Waals surface area contributed by atoms with Crippen LogP contribution in [0.4, 0.5) is 4.39 Å². The van der Waals surface area contributed by atoms with Gasteiger partial charge in [0.15, 0.2) is 0 Å². The average molecular weight is 408 g/mol. The Morgan fingerprint density at radius 3 is 2.79 bits per heavy atom. The molecule has 29 heavy (non-hydrogen) atoms. The number of carbonyl (C=O) groups is 1. The van der Waals surface area contributed by atoms with Gasteiger partial charge in [0.2, 0.25) is 0 Å². The van der Waals surface area contributed by atoms with Gasteiger partial charge in [0.25, 0.3) is 0 Å². The lowest BCUT2D eigenvalue weighted by atomic mass is 10.2. The van der Waals surface area contributed by atoms with Crippen molar-refractivity contribution in [2.45, 2.75) is 39.0 Å². The summed E-state index contributed by atoms with van der Waals surface area (Å²) in [6, 6.07) is 10.7. The van der Waals surface area contributed by atoms with Crippen LogP contribution in [0.5, 0.6) is 0 Å². The molecule has 0 amide bonds. The van der Waals surface area contributed by atoms with E-state index in [0.717, 1.165) is 17.0 Å². The summed E-state index contributed by atoms with van der Waals surface area (Å²) >= 11 is 0. The van der Waals surface area contributed by atoms with Crippen LogP contribution in [-0.2, 0) is 27.4 Å². The highest BCUT2D eigenvalue weighted by Crippen LogP contribution is 2.11. The zero-order chi connectivity index (χ0) is 21.1. The summed E-state index contributed by atoms with van der Waals surface area (Å²) in [6.45, 7) is 4.66. The van der Waals surface area contributed by atoms with Crippen LogP contribution in [0, 0.1) is 5.82 Å². The number of aliphatic hydroxyl groups excluding tert-OH is 1. The first-order valence-electron chi connectivity index (χ1n) is 10.1. The summed E-state index contributed by atoms with van der Waals surface area (Å²) in [5.41, 5.74) is 1.67. The van der Waals surface area contributed by atoms with Crippen LogP contribution in [0.25, 0.3) is 0 Å². The fourth-order valence-electron chi connectivity index (χ4n) is 3.20. The number of methoxy groups -OCH3 is 1. The number of aromatic nitrogens is 1. The standard InChI is InChI=1S/C22H31FN2O4/c1-3-7-22(27)29-17-20(26)16-24(12-13-28-2)15-19-9-6-11-25(19)14-18-8-4-5-10-21(18)23/h4-6,8-11,20,26H,3,7,12-17H2,1-2H3/p+1/t20-/m1/s1. The van der Waals surface area contributed by atoms with Crippen molar-refractivity contribution >= 4 is 5.97 Å². The van der Waals surface area contributed by atoms with Gasteiger partial charge in [-0.1, -0.05) is 25.1 Å². The van der Waals surface area contributed by atoms with E-state index >= 15 is 0 Å². The number of rotatable bonds is 13. The van der Waals surface area contributed by atoms with Gasteiger partial charge in [-0.05, 0) is 24.6 Å². The second-order valence-electron chi connectivity index (χ2n) is 7.18. The number of benzene rings is 1. The van der Waals surface area contributed by atoms with Gasteiger partial charge in [0, 0.05) is 25.3 Å². The first-order valence-corrected chi connectivity index (χ1v) is 10.1. The molecule has 2 N–H and O–H groups in total. The van der Waals surface area contributed by atoms with Crippen LogP contribution in [0.15, 0.2) is 42.6 Å². The van der Waals surface area contributed by atoms with Crippen LogP contribution in [0.2, 0.25) is 0 Å². The summed E-state index contributed by atoms with van der Waals surface area (Å²) in [6.07, 6.45) is 2.26. The molecule has 2 atom stereocenters. The second-order valence-corrected chi connectivity index (χ2v) is 7.18. The molecule has 0 spiro atoms. The number of hydrogen-bond acceptors (Lipinski definition) is 4. The molecule has 0 saturated heterocycles. The van der Waals surface area contributed by atoms with Crippen molar-refractivity contribution in [3.63, 3.8) is 0 Å². The van der Waals surface area contributed by atoms with Gasteiger partial charge in [-0.2, -0.15) is 0 Å². The van der Waals surface area contributed by atoms with E-state index in [4.69, 9.17) is 9.47 Å². The van der Waals surface area contributed by atoms with Crippen LogP contribution in [0.1, 0.15) is 31.0 Å². The third kappa shape index (κ3) is 7.97. The minimum absolute atomic E-state index is 0.00838. The Labute approximate surface area is 171 Å². The highest BCUT2D eigenvalue weighted by molar-refractivity contribution is 5.69.